The van der Waals surface area contributed by atoms with Crippen LogP contribution in [0.15, 0.2) is 103 Å². The van der Waals surface area contributed by atoms with Gasteiger partial charge in [-0.3, -0.25) is 23.2 Å². The van der Waals surface area contributed by atoms with Gasteiger partial charge in [0.2, 0.25) is 5.91 Å². The second-order valence-corrected chi connectivity index (χ2v) is 17.5. The van der Waals surface area contributed by atoms with Crippen molar-refractivity contribution in [3.8, 4) is 17.2 Å². The molecule has 270 valence electrons. The summed E-state index contributed by atoms with van der Waals surface area (Å²) in [4.78, 5) is 7.83. The van der Waals surface area contributed by atoms with Gasteiger partial charge < -0.3 is 11.1 Å². The van der Waals surface area contributed by atoms with Crippen LogP contribution < -0.4 is 15.8 Å². The number of fused-ring (bicyclic) bond motifs is 1. The molecule has 0 fully saturated rings. The van der Waals surface area contributed by atoms with E-state index in [1.165, 1.54) is 55.5 Å². The zero-order valence-electron chi connectivity index (χ0n) is 25.9. The Labute approximate surface area is 299 Å². The molecule has 1 heterocycles. The molecule has 0 unspecified atom stereocenters. The molecule has 0 atom stereocenters. The van der Waals surface area contributed by atoms with E-state index < -0.39 is 71.5 Å². The van der Waals surface area contributed by atoms with Gasteiger partial charge in [0.1, 0.15) is 25.9 Å². The summed E-state index contributed by atoms with van der Waals surface area (Å²) in [6, 6.07) is 15.5. The normalized spacial score (nSPS) is 12.5. The number of anilines is 3. The molecule has 1 amide bonds. The van der Waals surface area contributed by atoms with E-state index >= 15 is 0 Å². The third-order valence-electron chi connectivity index (χ3n) is 7.00. The van der Waals surface area contributed by atoms with Gasteiger partial charge in [-0.2, -0.15) is 30.5 Å². The molecule has 7 N–H and O–H groups in total. The van der Waals surface area contributed by atoms with Crippen LogP contribution in [0.3, 0.4) is 0 Å². The molecule has 1 aromatic heterocycles. The van der Waals surface area contributed by atoms with Crippen molar-refractivity contribution < 1.29 is 52.1 Å². The van der Waals surface area contributed by atoms with Crippen LogP contribution in [0, 0.1) is 11.3 Å². The Balaban J connectivity index is 1.55. The Morgan fingerprint density at radius 2 is 1.31 bits per heavy atom. The molecule has 0 spiro atoms. The molecule has 0 aliphatic heterocycles. The summed E-state index contributed by atoms with van der Waals surface area (Å²) < 4.78 is 130. The lowest BCUT2D eigenvalue weighted by atomic mass is 10.0. The predicted molar refractivity (Wildman–Crippen MR) is 188 cm³/mol. The summed E-state index contributed by atoms with van der Waals surface area (Å²) >= 11 is 0.780. The Morgan fingerprint density at radius 3 is 1.85 bits per heavy atom. The lowest BCUT2D eigenvalue weighted by Gasteiger charge is -2.11. The van der Waals surface area contributed by atoms with Crippen LogP contribution in [0.4, 0.5) is 27.1 Å². The fraction of sp³-hybridized carbons (Fsp3) is 0.0345. The van der Waals surface area contributed by atoms with Crippen LogP contribution in [-0.2, 0) is 45.2 Å². The van der Waals surface area contributed by atoms with E-state index in [0.717, 1.165) is 17.4 Å². The van der Waals surface area contributed by atoms with Gasteiger partial charge >= 0.3 is 0 Å². The van der Waals surface area contributed by atoms with Crippen LogP contribution in [0.1, 0.15) is 12.5 Å². The van der Waals surface area contributed by atoms with Crippen LogP contribution in [0.25, 0.3) is 21.9 Å². The number of sulfonamides is 1. The predicted octanol–water partition coefficient (Wildman–Crippen LogP) is 4.94. The van der Waals surface area contributed by atoms with Crippen molar-refractivity contribution in [3.05, 3.63) is 78.4 Å². The third kappa shape index (κ3) is 8.09. The molecule has 52 heavy (non-hydrogen) atoms. The molecule has 0 aliphatic rings. The number of nitrogens with zero attached hydrogens (tertiary/aromatic N) is 3. The van der Waals surface area contributed by atoms with Crippen molar-refractivity contribution in [1.82, 2.24) is 0 Å². The van der Waals surface area contributed by atoms with Crippen molar-refractivity contribution >= 4 is 95.5 Å². The van der Waals surface area contributed by atoms with E-state index in [4.69, 9.17) is 5.73 Å². The molecule has 0 saturated heterocycles. The lowest BCUT2D eigenvalue weighted by molar-refractivity contribution is -0.114. The molecule has 4 aromatic carbocycles. The number of azo groups is 1. The minimum absolute atomic E-state index is 0.0116. The average Bonchev–Trinajstić information content (AvgIpc) is 3.36. The fourth-order valence-corrected chi connectivity index (χ4v) is 8.79. The Hall–Kier alpha value is -5.32. The number of rotatable bonds is 10. The van der Waals surface area contributed by atoms with E-state index in [2.05, 4.69) is 20.3 Å². The lowest BCUT2D eigenvalue weighted by Crippen LogP contribution is -2.13. The number of nitrogens with one attached hydrogen (secondary N) is 2. The first-order chi connectivity index (χ1) is 24.1. The molecule has 5 aromatic rings. The molecule has 0 aliphatic carbocycles. The highest BCUT2D eigenvalue weighted by Gasteiger charge is 2.26. The van der Waals surface area contributed by atoms with Gasteiger partial charge in [-0.05, 0) is 66.2 Å². The minimum atomic E-state index is -5.27. The number of nitrogen functional groups attached to an aromatic ring is 1. The smallest absolute Gasteiger partial charge is 0.295 e. The number of hydrogen-bond acceptors (Lipinski definition) is 14. The van der Waals surface area contributed by atoms with Crippen molar-refractivity contribution in [2.75, 3.05) is 15.8 Å². The second-order valence-electron chi connectivity index (χ2n) is 10.6. The summed E-state index contributed by atoms with van der Waals surface area (Å²) in [5.41, 5.74) is 6.52. The molecular formula is C29H22N6O12S5. The highest BCUT2D eigenvalue weighted by molar-refractivity contribution is 7.92. The van der Waals surface area contributed by atoms with E-state index in [1.807, 2.05) is 6.07 Å². The third-order valence-corrected chi connectivity index (χ3v) is 11.9. The first-order valence-corrected chi connectivity index (χ1v) is 20.5. The topological polar surface area (TPSA) is 313 Å². The molecule has 23 heteroatoms. The van der Waals surface area contributed by atoms with Crippen LogP contribution in [0.5, 0.6) is 0 Å². The van der Waals surface area contributed by atoms with E-state index in [0.29, 0.717) is 29.4 Å². The minimum Gasteiger partial charge on any atom is -0.389 e. The number of benzene rings is 4. The van der Waals surface area contributed by atoms with Gasteiger partial charge in [-0.25, -0.2) is 8.42 Å². The van der Waals surface area contributed by atoms with Crippen LogP contribution in [0.2, 0.25) is 0 Å². The highest BCUT2D eigenvalue weighted by atomic mass is 32.2. The standard InChI is InChI=1S/C29H22N6O12S5/c1-15(36)32-17-6-8-20(9-7-17)49(37,38)35-18-4-2-16(3-5-18)27-24(14-30)28(31)48-29(27)34-33-19-10-22-23(25(11-19)51(42,43)44)12-21(50(39,40)41)13-26(22)52(45,46)47/h2-13,35H,31H2,1H3,(H,32,36)(H,39,40,41)(H,42,43,44)(H,45,46,47)/b34-33+. The largest absolute Gasteiger partial charge is 0.389 e. The molecule has 0 bridgehead atoms. The van der Waals surface area contributed by atoms with Crippen molar-refractivity contribution in [2.45, 2.75) is 26.5 Å². The molecule has 0 saturated carbocycles. The van der Waals surface area contributed by atoms with Gasteiger partial charge in [0.15, 0.2) is 0 Å². The van der Waals surface area contributed by atoms with E-state index in [1.54, 1.807) is 0 Å². The number of thiophene rings is 1. The summed E-state index contributed by atoms with van der Waals surface area (Å²) in [6.45, 7) is 1.30. The number of nitriles is 1. The van der Waals surface area contributed by atoms with Crippen LogP contribution in [-0.4, -0.2) is 53.2 Å². The number of carbonyl (C=O) groups excluding carboxylic acids is 1. The van der Waals surface area contributed by atoms with Gasteiger partial charge in [0.05, 0.1) is 21.0 Å². The molecular weight excluding hydrogens is 785 g/mol. The summed E-state index contributed by atoms with van der Waals surface area (Å²) in [6.07, 6.45) is 0. The summed E-state index contributed by atoms with van der Waals surface area (Å²) in [5.74, 6) is -0.334. The maximum absolute atomic E-state index is 12.9. The number of nitrogens with two attached hydrogens (primary N) is 1. The maximum atomic E-state index is 12.9. The quantitative estimate of drug-likeness (QED) is 0.0805. The van der Waals surface area contributed by atoms with Gasteiger partial charge in [0, 0.05) is 34.6 Å². The summed E-state index contributed by atoms with van der Waals surface area (Å²) in [5, 5.41) is 19.0. The van der Waals surface area contributed by atoms with Gasteiger partial charge in [0.25, 0.3) is 40.4 Å². The number of carbonyl (C=O) groups is 1. The zero-order chi connectivity index (χ0) is 38.4. The summed E-state index contributed by atoms with van der Waals surface area (Å²) in [7, 11) is -19.7. The van der Waals surface area contributed by atoms with E-state index in [9.17, 15) is 57.4 Å². The van der Waals surface area contributed by atoms with Crippen LogP contribution >= 0.6 is 11.3 Å². The zero-order valence-corrected chi connectivity index (χ0v) is 30.0. The maximum Gasteiger partial charge on any atom is 0.295 e. The Kier molecular flexibility index (Phi) is 9.97. The second kappa shape index (κ2) is 13.7. The fourth-order valence-electron chi connectivity index (χ4n) is 4.82. The monoisotopic (exact) mass is 806 g/mol. The Bertz CT molecular complexity index is 2810. The van der Waals surface area contributed by atoms with Gasteiger partial charge in [-0.1, -0.05) is 23.5 Å². The van der Waals surface area contributed by atoms with Crippen molar-refractivity contribution in [3.63, 3.8) is 0 Å². The highest BCUT2D eigenvalue weighted by Crippen LogP contribution is 2.45. The van der Waals surface area contributed by atoms with Crippen molar-refractivity contribution in [2.24, 2.45) is 10.2 Å². The molecule has 18 nitrogen and oxygen atoms in total. The first kappa shape index (κ1) is 37.9. The first-order valence-electron chi connectivity index (χ1n) is 13.9. The molecule has 0 radical (unpaired) electrons. The number of hydrogen-bond donors (Lipinski definition) is 6. The van der Waals surface area contributed by atoms with Crippen molar-refractivity contribution in [1.29, 1.82) is 5.26 Å². The Morgan fingerprint density at radius 1 is 0.750 bits per heavy atom. The van der Waals surface area contributed by atoms with Gasteiger partial charge in [-0.15, -0.1) is 10.2 Å². The van der Waals surface area contributed by atoms with E-state index in [-0.39, 0.29) is 37.6 Å². The SMILES string of the molecule is CC(=O)Nc1ccc(S(=O)(=O)Nc2ccc(-c3c(/N=N/c4cc(S(=O)(=O)O)c5cc(S(=O)(=O)O)cc(S(=O)(=O)O)c5c4)sc(N)c3C#N)cc2)cc1. The average molecular weight is 807 g/mol. The number of amides is 1. The molecule has 5 rings (SSSR count).